The number of thiol groups is 1. The maximum Gasteiger partial charge on any atom is 0.334 e. The second-order valence-corrected chi connectivity index (χ2v) is 3.69. The average molecular weight is 160 g/mol. The highest BCUT2D eigenvalue weighted by molar-refractivity contribution is 7.81. The number of ether oxygens (including phenoxy) is 1. The Morgan fingerprint density at radius 2 is 2.00 bits per heavy atom. The van der Waals surface area contributed by atoms with Gasteiger partial charge in [0, 0.05) is 5.57 Å². The standard InChI is InChI=1S/C7H12O2S/c1-5(2)6(8)9-7(3,4)10/h10H,1H2,2-4H3. The molecular weight excluding hydrogens is 148 g/mol. The van der Waals surface area contributed by atoms with Crippen LogP contribution in [-0.2, 0) is 9.53 Å². The Morgan fingerprint density at radius 1 is 1.60 bits per heavy atom. The molecule has 0 amide bonds. The van der Waals surface area contributed by atoms with Gasteiger partial charge < -0.3 is 4.74 Å². The molecule has 58 valence electrons. The van der Waals surface area contributed by atoms with Gasteiger partial charge in [-0.05, 0) is 20.8 Å². The molecule has 3 heteroatoms. The Hall–Kier alpha value is -0.440. The van der Waals surface area contributed by atoms with Crippen molar-refractivity contribution < 1.29 is 9.53 Å². The molecule has 0 aromatic heterocycles. The van der Waals surface area contributed by atoms with Gasteiger partial charge >= 0.3 is 5.97 Å². The number of rotatable bonds is 2. The van der Waals surface area contributed by atoms with E-state index in [0.717, 1.165) is 0 Å². The van der Waals surface area contributed by atoms with Crippen LogP contribution in [0, 0.1) is 0 Å². The van der Waals surface area contributed by atoms with Gasteiger partial charge in [0.05, 0.1) is 0 Å². The van der Waals surface area contributed by atoms with Crippen molar-refractivity contribution in [2.75, 3.05) is 0 Å². The maximum atomic E-state index is 10.8. The third-order valence-corrected chi connectivity index (χ3v) is 0.782. The van der Waals surface area contributed by atoms with E-state index in [1.165, 1.54) is 0 Å². The smallest absolute Gasteiger partial charge is 0.334 e. The summed E-state index contributed by atoms with van der Waals surface area (Å²) in [6, 6.07) is 0. The Bertz CT molecular complexity index is 155. The van der Waals surface area contributed by atoms with Crippen LogP contribution in [0.25, 0.3) is 0 Å². The highest BCUT2D eigenvalue weighted by atomic mass is 32.1. The number of hydrogen-bond donors (Lipinski definition) is 1. The summed E-state index contributed by atoms with van der Waals surface area (Å²) < 4.78 is 4.82. The second-order valence-electron chi connectivity index (χ2n) is 2.62. The highest BCUT2D eigenvalue weighted by Crippen LogP contribution is 2.14. The minimum atomic E-state index is -0.712. The average Bonchev–Trinajstić information content (AvgIpc) is 1.60. The summed E-state index contributed by atoms with van der Waals surface area (Å²) in [6.07, 6.45) is 0. The maximum absolute atomic E-state index is 10.8. The summed E-state index contributed by atoms with van der Waals surface area (Å²) >= 11 is 4.00. The Kier molecular flexibility index (Phi) is 2.96. The van der Waals surface area contributed by atoms with Crippen LogP contribution >= 0.6 is 12.6 Å². The zero-order valence-corrected chi connectivity index (χ0v) is 7.37. The lowest BCUT2D eigenvalue weighted by molar-refractivity contribution is -0.144. The summed E-state index contributed by atoms with van der Waals surface area (Å²) in [7, 11) is 0. The molecule has 0 aliphatic rings. The molecule has 0 aliphatic carbocycles. The zero-order chi connectivity index (χ0) is 8.36. The molecule has 2 nitrogen and oxygen atoms in total. The molecule has 0 aromatic rings. The van der Waals surface area contributed by atoms with Crippen LogP contribution in [-0.4, -0.2) is 10.9 Å². The fourth-order valence-electron chi connectivity index (χ4n) is 0.314. The summed E-state index contributed by atoms with van der Waals surface area (Å²) in [5.41, 5.74) is 0.391. The first-order chi connectivity index (χ1) is 4.33. The lowest BCUT2D eigenvalue weighted by atomic mass is 10.3. The highest BCUT2D eigenvalue weighted by Gasteiger charge is 2.16. The van der Waals surface area contributed by atoms with E-state index in [9.17, 15) is 4.79 Å². The molecule has 0 fully saturated rings. The van der Waals surface area contributed by atoms with Crippen molar-refractivity contribution in [3.8, 4) is 0 Å². The van der Waals surface area contributed by atoms with E-state index >= 15 is 0 Å². The summed E-state index contributed by atoms with van der Waals surface area (Å²) in [5, 5.41) is 0. The molecule has 0 aromatic carbocycles. The molecule has 0 aliphatic heterocycles. The molecule has 0 N–H and O–H groups in total. The van der Waals surface area contributed by atoms with Crippen LogP contribution in [0.2, 0.25) is 0 Å². The third kappa shape index (κ3) is 4.44. The predicted octanol–water partition coefficient (Wildman–Crippen LogP) is 1.77. The molecule has 10 heavy (non-hydrogen) atoms. The molecule has 0 spiro atoms. The van der Waals surface area contributed by atoms with E-state index in [1.54, 1.807) is 20.8 Å². The van der Waals surface area contributed by atoms with Crippen molar-refractivity contribution in [3.63, 3.8) is 0 Å². The van der Waals surface area contributed by atoms with E-state index in [2.05, 4.69) is 19.2 Å². The first-order valence-electron chi connectivity index (χ1n) is 2.94. The number of esters is 1. The van der Waals surface area contributed by atoms with Crippen LogP contribution in [0.4, 0.5) is 0 Å². The van der Waals surface area contributed by atoms with Gasteiger partial charge in [-0.15, -0.1) is 12.6 Å². The van der Waals surface area contributed by atoms with Crippen molar-refractivity contribution in [2.45, 2.75) is 25.7 Å². The Labute approximate surface area is 66.7 Å². The molecule has 0 rings (SSSR count). The number of carbonyl (C=O) groups is 1. The van der Waals surface area contributed by atoms with Crippen molar-refractivity contribution in [3.05, 3.63) is 12.2 Å². The topological polar surface area (TPSA) is 26.3 Å². The van der Waals surface area contributed by atoms with Gasteiger partial charge in [-0.25, -0.2) is 4.79 Å². The normalized spacial score (nSPS) is 10.8. The molecule has 0 bridgehead atoms. The summed E-state index contributed by atoms with van der Waals surface area (Å²) in [4.78, 5) is 10.1. The van der Waals surface area contributed by atoms with E-state index in [1.807, 2.05) is 0 Å². The van der Waals surface area contributed by atoms with E-state index in [4.69, 9.17) is 4.74 Å². The van der Waals surface area contributed by atoms with Gasteiger partial charge in [0.15, 0.2) is 0 Å². The van der Waals surface area contributed by atoms with Crippen LogP contribution in [0.5, 0.6) is 0 Å². The van der Waals surface area contributed by atoms with Gasteiger partial charge in [-0.2, -0.15) is 0 Å². The first kappa shape index (κ1) is 9.56. The van der Waals surface area contributed by atoms with Crippen molar-refractivity contribution in [1.29, 1.82) is 0 Å². The third-order valence-electron chi connectivity index (χ3n) is 0.691. The second kappa shape index (κ2) is 3.10. The monoisotopic (exact) mass is 160 g/mol. The van der Waals surface area contributed by atoms with Gasteiger partial charge in [0.2, 0.25) is 0 Å². The first-order valence-corrected chi connectivity index (χ1v) is 3.39. The lowest BCUT2D eigenvalue weighted by Gasteiger charge is -2.17. The van der Waals surface area contributed by atoms with Crippen LogP contribution in [0.15, 0.2) is 12.2 Å². The van der Waals surface area contributed by atoms with E-state index in [-0.39, 0.29) is 0 Å². The quantitative estimate of drug-likeness (QED) is 0.288. The Morgan fingerprint density at radius 3 is 2.10 bits per heavy atom. The molecule has 0 atom stereocenters. The SMILES string of the molecule is C=C(C)C(=O)OC(C)(C)S. The van der Waals surface area contributed by atoms with Crippen molar-refractivity contribution in [1.82, 2.24) is 0 Å². The molecule has 0 heterocycles. The van der Waals surface area contributed by atoms with Gasteiger partial charge in [0.1, 0.15) is 4.93 Å². The Balaban J connectivity index is 3.93. The number of hydrogen-bond acceptors (Lipinski definition) is 3. The van der Waals surface area contributed by atoms with Crippen LogP contribution < -0.4 is 0 Å². The fraction of sp³-hybridized carbons (Fsp3) is 0.571. The fourth-order valence-corrected chi connectivity index (χ4v) is 0.397. The van der Waals surface area contributed by atoms with E-state index in [0.29, 0.717) is 5.57 Å². The summed E-state index contributed by atoms with van der Waals surface area (Å²) in [6.45, 7) is 8.41. The molecule has 0 saturated carbocycles. The van der Waals surface area contributed by atoms with Crippen molar-refractivity contribution in [2.24, 2.45) is 0 Å². The lowest BCUT2D eigenvalue weighted by Crippen LogP contribution is -2.21. The van der Waals surface area contributed by atoms with E-state index < -0.39 is 10.9 Å². The van der Waals surface area contributed by atoms with Crippen LogP contribution in [0.3, 0.4) is 0 Å². The van der Waals surface area contributed by atoms with Crippen molar-refractivity contribution >= 4 is 18.6 Å². The largest absolute Gasteiger partial charge is 0.445 e. The molecule has 0 saturated heterocycles. The predicted molar refractivity (Wildman–Crippen MR) is 44.0 cm³/mol. The molecular formula is C7H12O2S. The summed E-state index contributed by atoms with van der Waals surface area (Å²) in [5.74, 6) is -0.403. The van der Waals surface area contributed by atoms with Gasteiger partial charge in [-0.1, -0.05) is 6.58 Å². The van der Waals surface area contributed by atoms with Crippen LogP contribution in [0.1, 0.15) is 20.8 Å². The molecule has 0 unspecified atom stereocenters. The van der Waals surface area contributed by atoms with Gasteiger partial charge in [0.25, 0.3) is 0 Å². The minimum Gasteiger partial charge on any atom is -0.445 e. The van der Waals surface area contributed by atoms with Gasteiger partial charge in [-0.3, -0.25) is 0 Å². The molecule has 0 radical (unpaired) electrons. The minimum absolute atomic E-state index is 0.391. The number of carbonyl (C=O) groups excluding carboxylic acids is 1. The zero-order valence-electron chi connectivity index (χ0n) is 6.47.